The smallest absolute Gasteiger partial charge is 0.407 e. The molecular weight excluding hydrogens is 278 g/mol. The number of amides is 2. The van der Waals surface area contributed by atoms with Crippen LogP contribution >= 0.6 is 0 Å². The number of carbonyl (C=O) groups is 3. The van der Waals surface area contributed by atoms with Crippen LogP contribution in [0, 0.1) is 5.92 Å². The molecule has 1 rings (SSSR count). The lowest BCUT2D eigenvalue weighted by Crippen LogP contribution is -2.54. The Morgan fingerprint density at radius 3 is 2.43 bits per heavy atom. The van der Waals surface area contributed by atoms with Gasteiger partial charge in [-0.3, -0.25) is 14.5 Å². The Bertz CT molecular complexity index is 419. The lowest BCUT2D eigenvalue weighted by molar-refractivity contribution is -0.144. The molecule has 120 valence electrons. The van der Waals surface area contributed by atoms with Gasteiger partial charge in [-0.15, -0.1) is 0 Å². The Morgan fingerprint density at radius 1 is 1.33 bits per heavy atom. The number of alkyl carbamates (subject to hydrolysis) is 1. The van der Waals surface area contributed by atoms with Crippen molar-refractivity contribution in [2.24, 2.45) is 11.7 Å². The van der Waals surface area contributed by atoms with Crippen LogP contribution in [0.3, 0.4) is 0 Å². The molecular formula is C13H23N3O5. The zero-order valence-electron chi connectivity index (χ0n) is 12.6. The molecule has 8 nitrogen and oxygen atoms in total. The highest BCUT2D eigenvalue weighted by Crippen LogP contribution is 2.18. The van der Waals surface area contributed by atoms with E-state index in [0.29, 0.717) is 13.0 Å². The van der Waals surface area contributed by atoms with Crippen LogP contribution in [0.25, 0.3) is 0 Å². The number of ether oxygens (including phenoxy) is 1. The molecule has 1 saturated heterocycles. The topological polar surface area (TPSA) is 122 Å². The Kier molecular flexibility index (Phi) is 5.54. The van der Waals surface area contributed by atoms with E-state index in [1.165, 1.54) is 0 Å². The summed E-state index contributed by atoms with van der Waals surface area (Å²) in [5.74, 6) is -2.14. The van der Waals surface area contributed by atoms with Gasteiger partial charge in [0.15, 0.2) is 0 Å². The van der Waals surface area contributed by atoms with Gasteiger partial charge in [-0.05, 0) is 27.2 Å². The van der Waals surface area contributed by atoms with Crippen LogP contribution in [0.5, 0.6) is 0 Å². The third-order valence-corrected chi connectivity index (χ3v) is 2.98. The fourth-order valence-corrected chi connectivity index (χ4v) is 2.30. The summed E-state index contributed by atoms with van der Waals surface area (Å²) < 4.78 is 5.14. The van der Waals surface area contributed by atoms with Crippen molar-refractivity contribution < 1.29 is 24.2 Å². The molecule has 1 fully saturated rings. The summed E-state index contributed by atoms with van der Waals surface area (Å²) in [5, 5.41) is 11.8. The first-order valence-corrected chi connectivity index (χ1v) is 6.80. The molecule has 0 spiro atoms. The predicted octanol–water partition coefficient (Wildman–Crippen LogP) is -0.228. The number of aliphatic carboxylic acids is 1. The Labute approximate surface area is 123 Å². The molecule has 1 heterocycles. The SMILES string of the molecule is CC(C)(C)OC(=O)NC1CC(C(=O)O)CN(CC(N)=O)C1. The Morgan fingerprint density at radius 2 is 1.95 bits per heavy atom. The van der Waals surface area contributed by atoms with E-state index in [1.54, 1.807) is 25.7 Å². The van der Waals surface area contributed by atoms with Gasteiger partial charge in [0.05, 0.1) is 12.5 Å². The van der Waals surface area contributed by atoms with Crippen molar-refractivity contribution in [3.8, 4) is 0 Å². The van der Waals surface area contributed by atoms with Gasteiger partial charge in [0.2, 0.25) is 5.91 Å². The normalized spacial score (nSPS) is 23.4. The second-order valence-electron chi connectivity index (χ2n) is 6.27. The van der Waals surface area contributed by atoms with Crippen LogP contribution in [0.4, 0.5) is 4.79 Å². The van der Waals surface area contributed by atoms with Gasteiger partial charge in [0.1, 0.15) is 5.60 Å². The van der Waals surface area contributed by atoms with Crippen molar-refractivity contribution in [2.75, 3.05) is 19.6 Å². The minimum atomic E-state index is -0.958. The zero-order valence-corrected chi connectivity index (χ0v) is 12.6. The minimum absolute atomic E-state index is 0.0315. The molecule has 0 bridgehead atoms. The number of nitrogens with zero attached hydrogens (tertiary/aromatic N) is 1. The number of nitrogens with one attached hydrogen (secondary N) is 1. The maximum Gasteiger partial charge on any atom is 0.407 e. The molecule has 2 atom stereocenters. The molecule has 2 unspecified atom stereocenters. The van der Waals surface area contributed by atoms with Crippen LogP contribution < -0.4 is 11.1 Å². The van der Waals surface area contributed by atoms with Gasteiger partial charge in [-0.1, -0.05) is 0 Å². The molecule has 1 aliphatic rings. The van der Waals surface area contributed by atoms with Crippen molar-refractivity contribution in [3.63, 3.8) is 0 Å². The molecule has 1 aliphatic heterocycles. The minimum Gasteiger partial charge on any atom is -0.481 e. The largest absolute Gasteiger partial charge is 0.481 e. The van der Waals surface area contributed by atoms with E-state index in [0.717, 1.165) is 0 Å². The van der Waals surface area contributed by atoms with Crippen molar-refractivity contribution in [1.29, 1.82) is 0 Å². The predicted molar refractivity (Wildman–Crippen MR) is 74.5 cm³/mol. The first-order chi connectivity index (χ1) is 9.56. The Hall–Kier alpha value is -1.83. The quantitative estimate of drug-likeness (QED) is 0.659. The number of carboxylic acids is 1. The summed E-state index contributed by atoms with van der Waals surface area (Å²) in [5.41, 5.74) is 4.51. The van der Waals surface area contributed by atoms with Crippen molar-refractivity contribution in [3.05, 3.63) is 0 Å². The lowest BCUT2D eigenvalue weighted by Gasteiger charge is -2.36. The molecule has 0 aromatic rings. The molecule has 2 amide bonds. The molecule has 4 N–H and O–H groups in total. The summed E-state index contributed by atoms with van der Waals surface area (Å²) in [4.78, 5) is 35.5. The summed E-state index contributed by atoms with van der Waals surface area (Å²) in [6.45, 7) is 5.81. The Balaban J connectivity index is 2.65. The molecule has 0 aromatic carbocycles. The highest BCUT2D eigenvalue weighted by molar-refractivity contribution is 5.76. The number of hydrogen-bond acceptors (Lipinski definition) is 5. The number of hydrogen-bond donors (Lipinski definition) is 3. The highest BCUT2D eigenvalue weighted by atomic mass is 16.6. The standard InChI is InChI=1S/C13H23N3O5/c1-13(2,3)21-12(20)15-9-4-8(11(18)19)5-16(6-9)7-10(14)17/h8-9H,4-7H2,1-3H3,(H2,14,17)(H,15,20)(H,18,19). The summed E-state index contributed by atoms with van der Waals surface area (Å²) in [6.07, 6.45) is -0.304. The van der Waals surface area contributed by atoms with E-state index in [-0.39, 0.29) is 13.1 Å². The van der Waals surface area contributed by atoms with E-state index >= 15 is 0 Å². The number of carboxylic acid groups (broad SMARTS) is 1. The van der Waals surface area contributed by atoms with Crippen molar-refractivity contribution >= 4 is 18.0 Å². The van der Waals surface area contributed by atoms with Crippen LogP contribution in [0.2, 0.25) is 0 Å². The molecule has 0 saturated carbocycles. The molecule has 0 aliphatic carbocycles. The van der Waals surface area contributed by atoms with E-state index in [9.17, 15) is 14.4 Å². The van der Waals surface area contributed by atoms with Crippen LogP contribution in [0.15, 0.2) is 0 Å². The summed E-state index contributed by atoms with van der Waals surface area (Å²) >= 11 is 0. The molecule has 8 heteroatoms. The summed E-state index contributed by atoms with van der Waals surface area (Å²) in [6, 6.07) is -0.394. The second kappa shape index (κ2) is 6.75. The average molecular weight is 301 g/mol. The fraction of sp³-hybridized carbons (Fsp3) is 0.769. The first-order valence-electron chi connectivity index (χ1n) is 6.80. The third kappa shape index (κ3) is 6.44. The van der Waals surface area contributed by atoms with Gasteiger partial charge >= 0.3 is 12.1 Å². The van der Waals surface area contributed by atoms with Gasteiger partial charge in [-0.25, -0.2) is 4.79 Å². The van der Waals surface area contributed by atoms with Crippen LogP contribution in [0.1, 0.15) is 27.2 Å². The molecule has 0 radical (unpaired) electrons. The number of primary amides is 1. The maximum atomic E-state index is 11.7. The average Bonchev–Trinajstić information content (AvgIpc) is 2.24. The van der Waals surface area contributed by atoms with E-state index in [1.807, 2.05) is 0 Å². The zero-order chi connectivity index (χ0) is 16.2. The molecule has 21 heavy (non-hydrogen) atoms. The number of likely N-dealkylation sites (tertiary alicyclic amines) is 1. The van der Waals surface area contributed by atoms with Gasteiger partial charge in [0, 0.05) is 19.1 Å². The monoisotopic (exact) mass is 301 g/mol. The third-order valence-electron chi connectivity index (χ3n) is 2.98. The van der Waals surface area contributed by atoms with Gasteiger partial charge < -0.3 is 20.9 Å². The lowest BCUT2D eigenvalue weighted by atomic mass is 9.94. The van der Waals surface area contributed by atoms with E-state index in [4.69, 9.17) is 15.6 Å². The highest BCUT2D eigenvalue weighted by Gasteiger charge is 2.33. The van der Waals surface area contributed by atoms with Crippen molar-refractivity contribution in [1.82, 2.24) is 10.2 Å². The second-order valence-corrected chi connectivity index (χ2v) is 6.27. The van der Waals surface area contributed by atoms with Crippen LogP contribution in [-0.4, -0.2) is 59.3 Å². The van der Waals surface area contributed by atoms with Gasteiger partial charge in [-0.2, -0.15) is 0 Å². The molecule has 0 aromatic heterocycles. The van der Waals surface area contributed by atoms with E-state index < -0.39 is 35.5 Å². The van der Waals surface area contributed by atoms with E-state index in [2.05, 4.69) is 5.32 Å². The summed E-state index contributed by atoms with van der Waals surface area (Å²) in [7, 11) is 0. The van der Waals surface area contributed by atoms with Gasteiger partial charge in [0.25, 0.3) is 0 Å². The number of piperidine rings is 1. The van der Waals surface area contributed by atoms with Crippen LogP contribution in [-0.2, 0) is 14.3 Å². The first kappa shape index (κ1) is 17.2. The number of carbonyl (C=O) groups excluding carboxylic acids is 2. The number of rotatable bonds is 4. The van der Waals surface area contributed by atoms with Crippen molar-refractivity contribution in [2.45, 2.75) is 38.8 Å². The fourth-order valence-electron chi connectivity index (χ4n) is 2.30. The maximum absolute atomic E-state index is 11.7. The number of nitrogens with two attached hydrogens (primary N) is 1.